The first-order valence-electron chi connectivity index (χ1n) is 8.45. The molecule has 2 heterocycles. The van der Waals surface area contributed by atoms with Gasteiger partial charge in [-0.05, 0) is 71.5 Å². The van der Waals surface area contributed by atoms with Crippen molar-refractivity contribution in [1.29, 1.82) is 0 Å². The van der Waals surface area contributed by atoms with Crippen LogP contribution in [0.2, 0.25) is 0 Å². The van der Waals surface area contributed by atoms with Crippen LogP contribution in [0.15, 0.2) is 50.0 Å². The molecule has 1 atom stereocenters. The van der Waals surface area contributed by atoms with Gasteiger partial charge in [-0.25, -0.2) is 21.6 Å². The van der Waals surface area contributed by atoms with Crippen molar-refractivity contribution in [2.75, 3.05) is 25.9 Å². The summed E-state index contributed by atoms with van der Waals surface area (Å²) in [6.45, 7) is 2.12. The number of likely N-dealkylation sites (tertiary alicyclic amines) is 1. The highest BCUT2D eigenvalue weighted by Gasteiger charge is 2.27. The molecule has 0 saturated carbocycles. The van der Waals surface area contributed by atoms with Crippen molar-refractivity contribution >= 4 is 47.1 Å². The van der Waals surface area contributed by atoms with Crippen molar-refractivity contribution in [3.63, 3.8) is 0 Å². The van der Waals surface area contributed by atoms with Crippen LogP contribution in [0, 0.1) is 0 Å². The molecule has 2 aromatic rings. The summed E-state index contributed by atoms with van der Waals surface area (Å²) >= 11 is 4.83. The summed E-state index contributed by atoms with van der Waals surface area (Å²) in [7, 11) is -7.37. The standard InChI is InChI=1S/C17H21BrN2O4S3/c1-26(21,22)13-6-7-14(18)17(11-13)27(23,24)19-12-15(16-5-4-10-25-16)20-8-2-3-9-20/h4-7,10-11,15,19H,2-3,8-9,12H2,1H3. The quantitative estimate of drug-likeness (QED) is 0.641. The molecule has 1 aromatic heterocycles. The number of nitrogens with one attached hydrogen (secondary N) is 1. The Morgan fingerprint density at radius 2 is 1.89 bits per heavy atom. The minimum atomic E-state index is -3.87. The van der Waals surface area contributed by atoms with Gasteiger partial charge < -0.3 is 0 Å². The molecule has 0 spiro atoms. The molecule has 27 heavy (non-hydrogen) atoms. The molecule has 0 amide bonds. The molecule has 1 aliphatic heterocycles. The smallest absolute Gasteiger partial charge is 0.241 e. The van der Waals surface area contributed by atoms with Crippen LogP contribution >= 0.6 is 27.3 Å². The number of sulfonamides is 1. The lowest BCUT2D eigenvalue weighted by Crippen LogP contribution is -2.36. The van der Waals surface area contributed by atoms with Gasteiger partial charge in [0.15, 0.2) is 9.84 Å². The van der Waals surface area contributed by atoms with Crippen LogP contribution in [0.3, 0.4) is 0 Å². The van der Waals surface area contributed by atoms with Crippen molar-refractivity contribution in [3.05, 3.63) is 45.1 Å². The fourth-order valence-corrected chi connectivity index (χ4v) is 6.74. The molecular weight excluding hydrogens is 472 g/mol. The van der Waals surface area contributed by atoms with Crippen LogP contribution in [0.4, 0.5) is 0 Å². The zero-order valence-electron chi connectivity index (χ0n) is 14.8. The zero-order chi connectivity index (χ0) is 19.7. The Hall–Kier alpha value is -0.780. The molecule has 1 unspecified atom stereocenters. The highest BCUT2D eigenvalue weighted by Crippen LogP contribution is 2.29. The van der Waals surface area contributed by atoms with E-state index in [1.807, 2.05) is 17.5 Å². The van der Waals surface area contributed by atoms with Crippen LogP contribution in [0.25, 0.3) is 0 Å². The SMILES string of the molecule is CS(=O)(=O)c1ccc(Br)c(S(=O)(=O)NCC(c2cccs2)N2CCCC2)c1. The Morgan fingerprint density at radius 3 is 2.48 bits per heavy atom. The molecule has 0 radical (unpaired) electrons. The lowest BCUT2D eigenvalue weighted by atomic mass is 10.2. The third kappa shape index (κ3) is 4.99. The van der Waals surface area contributed by atoms with Crippen LogP contribution in [-0.4, -0.2) is 47.6 Å². The van der Waals surface area contributed by atoms with Crippen molar-refractivity contribution in [2.45, 2.75) is 28.7 Å². The summed E-state index contributed by atoms with van der Waals surface area (Å²) < 4.78 is 52.3. The van der Waals surface area contributed by atoms with E-state index >= 15 is 0 Å². The average molecular weight is 493 g/mol. The number of hydrogen-bond acceptors (Lipinski definition) is 6. The Labute approximate surface area is 172 Å². The Morgan fingerprint density at radius 1 is 1.19 bits per heavy atom. The summed E-state index contributed by atoms with van der Waals surface area (Å²) in [6, 6.07) is 7.97. The fourth-order valence-electron chi connectivity index (χ4n) is 3.13. The summed E-state index contributed by atoms with van der Waals surface area (Å²) in [5, 5.41) is 1.99. The predicted octanol–water partition coefficient (Wildman–Crippen LogP) is 3.03. The first-order valence-corrected chi connectivity index (χ1v) is 13.5. The van der Waals surface area contributed by atoms with E-state index in [1.165, 1.54) is 18.2 Å². The number of thiophene rings is 1. The highest BCUT2D eigenvalue weighted by atomic mass is 79.9. The summed E-state index contributed by atoms with van der Waals surface area (Å²) in [5.41, 5.74) is 0. The first kappa shape index (κ1) is 20.9. The van der Waals surface area contributed by atoms with E-state index in [1.54, 1.807) is 11.3 Å². The third-order valence-electron chi connectivity index (χ3n) is 4.54. The topological polar surface area (TPSA) is 83.5 Å². The van der Waals surface area contributed by atoms with Gasteiger partial charge in [0.25, 0.3) is 0 Å². The monoisotopic (exact) mass is 492 g/mol. The van der Waals surface area contributed by atoms with Gasteiger partial charge in [-0.3, -0.25) is 4.90 Å². The van der Waals surface area contributed by atoms with E-state index in [9.17, 15) is 16.8 Å². The Balaban J connectivity index is 1.85. The van der Waals surface area contributed by atoms with E-state index in [0.717, 1.165) is 37.1 Å². The molecular formula is C17H21BrN2O4S3. The van der Waals surface area contributed by atoms with Crippen molar-refractivity contribution in [1.82, 2.24) is 9.62 Å². The van der Waals surface area contributed by atoms with Crippen LogP contribution in [0.5, 0.6) is 0 Å². The van der Waals surface area contributed by atoms with E-state index in [-0.39, 0.29) is 22.4 Å². The highest BCUT2D eigenvalue weighted by molar-refractivity contribution is 9.10. The second-order valence-corrected chi connectivity index (χ2v) is 12.1. The maximum absolute atomic E-state index is 12.9. The van der Waals surface area contributed by atoms with Crippen LogP contribution in [0.1, 0.15) is 23.8 Å². The predicted molar refractivity (Wildman–Crippen MR) is 110 cm³/mol. The number of rotatable bonds is 7. The third-order valence-corrected chi connectivity index (χ3v) is 9.04. The van der Waals surface area contributed by atoms with E-state index in [0.29, 0.717) is 4.47 Å². The molecule has 0 aliphatic carbocycles. The lowest BCUT2D eigenvalue weighted by Gasteiger charge is -2.27. The van der Waals surface area contributed by atoms with E-state index in [2.05, 4.69) is 25.6 Å². The van der Waals surface area contributed by atoms with Gasteiger partial charge in [0, 0.05) is 22.2 Å². The van der Waals surface area contributed by atoms with E-state index in [4.69, 9.17) is 0 Å². The summed E-state index contributed by atoms with van der Waals surface area (Å²) in [6.07, 6.45) is 3.27. The number of hydrogen-bond donors (Lipinski definition) is 1. The second kappa shape index (κ2) is 8.30. The average Bonchev–Trinajstić information content (AvgIpc) is 3.28. The number of nitrogens with zero attached hydrogens (tertiary/aromatic N) is 1. The molecule has 10 heteroatoms. The Kier molecular flexibility index (Phi) is 6.44. The molecule has 1 saturated heterocycles. The first-order chi connectivity index (χ1) is 12.7. The van der Waals surface area contributed by atoms with Gasteiger partial charge in [-0.2, -0.15) is 0 Å². The van der Waals surface area contributed by atoms with Crippen LogP contribution < -0.4 is 4.72 Å². The van der Waals surface area contributed by atoms with Gasteiger partial charge in [0.2, 0.25) is 10.0 Å². The molecule has 0 bridgehead atoms. The summed E-state index contributed by atoms with van der Waals surface area (Å²) in [4.78, 5) is 3.30. The second-order valence-electron chi connectivity index (χ2n) is 6.49. The number of benzene rings is 1. The normalized spacial score (nSPS) is 17.3. The molecule has 148 valence electrons. The Bertz CT molecular complexity index is 999. The molecule has 1 aliphatic rings. The molecule has 1 N–H and O–H groups in total. The zero-order valence-corrected chi connectivity index (χ0v) is 18.8. The minimum Gasteiger partial charge on any atom is -0.294 e. The maximum Gasteiger partial charge on any atom is 0.241 e. The number of sulfone groups is 1. The molecule has 1 fully saturated rings. The number of halogens is 1. The van der Waals surface area contributed by atoms with Gasteiger partial charge in [0.05, 0.1) is 15.8 Å². The van der Waals surface area contributed by atoms with Gasteiger partial charge >= 0.3 is 0 Å². The van der Waals surface area contributed by atoms with Crippen molar-refractivity contribution in [2.24, 2.45) is 0 Å². The molecule has 6 nitrogen and oxygen atoms in total. The fraction of sp³-hybridized carbons (Fsp3) is 0.412. The van der Waals surface area contributed by atoms with E-state index < -0.39 is 19.9 Å². The van der Waals surface area contributed by atoms with Crippen molar-refractivity contribution in [3.8, 4) is 0 Å². The largest absolute Gasteiger partial charge is 0.294 e. The molecule has 3 rings (SSSR count). The lowest BCUT2D eigenvalue weighted by molar-refractivity contribution is 0.250. The van der Waals surface area contributed by atoms with Crippen LogP contribution in [-0.2, 0) is 19.9 Å². The summed E-state index contributed by atoms with van der Waals surface area (Å²) in [5.74, 6) is 0. The van der Waals surface area contributed by atoms with Gasteiger partial charge in [-0.1, -0.05) is 6.07 Å². The van der Waals surface area contributed by atoms with Crippen molar-refractivity contribution < 1.29 is 16.8 Å². The molecule has 1 aromatic carbocycles. The van der Waals surface area contributed by atoms with Gasteiger partial charge in [-0.15, -0.1) is 11.3 Å². The maximum atomic E-state index is 12.9. The van der Waals surface area contributed by atoms with Gasteiger partial charge in [0.1, 0.15) is 0 Å². The minimum absolute atomic E-state index is 0.0274.